The van der Waals surface area contributed by atoms with Crippen molar-refractivity contribution < 1.29 is 8.78 Å². The Labute approximate surface area is 70.3 Å². The summed E-state index contributed by atoms with van der Waals surface area (Å²) in [7, 11) is 0. The van der Waals surface area contributed by atoms with Gasteiger partial charge in [0.25, 0.3) is 0 Å². The van der Waals surface area contributed by atoms with Crippen molar-refractivity contribution >= 4 is 27.3 Å². The van der Waals surface area contributed by atoms with Crippen molar-refractivity contribution in [1.29, 1.82) is 0 Å². The summed E-state index contributed by atoms with van der Waals surface area (Å²) in [6, 6.07) is 0.843. The average Bonchev–Trinajstić information content (AvgIpc) is 1.97. The van der Waals surface area contributed by atoms with Crippen LogP contribution in [0.25, 0.3) is 0 Å². The normalized spacial score (nSPS) is 10.1. The Morgan fingerprint density at radius 3 is 2.36 bits per heavy atom. The van der Waals surface area contributed by atoms with Gasteiger partial charge in [0, 0.05) is 6.07 Å². The van der Waals surface area contributed by atoms with Gasteiger partial charge in [0.1, 0.15) is 0 Å². The number of nitrogens with two attached hydrogens (primary N) is 2. The highest BCUT2D eigenvalue weighted by molar-refractivity contribution is 9.10. The molecular formula is C6H5BrF2N2. The molecule has 0 aromatic heterocycles. The van der Waals surface area contributed by atoms with Crippen LogP contribution in [0.3, 0.4) is 0 Å². The molecule has 11 heavy (non-hydrogen) atoms. The van der Waals surface area contributed by atoms with Gasteiger partial charge in [-0.1, -0.05) is 0 Å². The van der Waals surface area contributed by atoms with Crippen molar-refractivity contribution in [3.8, 4) is 0 Å². The fourth-order valence-electron chi connectivity index (χ4n) is 0.627. The molecule has 0 unspecified atom stereocenters. The van der Waals surface area contributed by atoms with Crippen molar-refractivity contribution in [2.24, 2.45) is 0 Å². The van der Waals surface area contributed by atoms with Gasteiger partial charge < -0.3 is 11.5 Å². The van der Waals surface area contributed by atoms with E-state index in [9.17, 15) is 8.78 Å². The SMILES string of the molecule is Nc1cc(F)c(F)c(Br)c1N. The van der Waals surface area contributed by atoms with Crippen LogP contribution in [-0.2, 0) is 0 Å². The Hall–Kier alpha value is -0.840. The van der Waals surface area contributed by atoms with E-state index in [0.29, 0.717) is 0 Å². The Balaban J connectivity index is 3.46. The second kappa shape index (κ2) is 2.65. The second-order valence-corrected chi connectivity index (χ2v) is 2.78. The van der Waals surface area contributed by atoms with Gasteiger partial charge in [0.2, 0.25) is 0 Å². The maximum absolute atomic E-state index is 12.6. The molecule has 2 nitrogen and oxygen atoms in total. The number of halogens is 3. The van der Waals surface area contributed by atoms with Crippen LogP contribution in [0.2, 0.25) is 0 Å². The fraction of sp³-hybridized carbons (Fsp3) is 0. The average molecular weight is 223 g/mol. The van der Waals surface area contributed by atoms with Gasteiger partial charge in [0.15, 0.2) is 11.6 Å². The highest BCUT2D eigenvalue weighted by Gasteiger charge is 2.11. The van der Waals surface area contributed by atoms with Crippen molar-refractivity contribution in [2.45, 2.75) is 0 Å². The maximum atomic E-state index is 12.6. The monoisotopic (exact) mass is 222 g/mol. The molecular weight excluding hydrogens is 218 g/mol. The van der Waals surface area contributed by atoms with E-state index in [0.717, 1.165) is 6.07 Å². The molecule has 1 rings (SSSR count). The molecule has 5 heteroatoms. The second-order valence-electron chi connectivity index (χ2n) is 1.99. The molecule has 60 valence electrons. The van der Waals surface area contributed by atoms with Gasteiger partial charge in [-0.05, 0) is 15.9 Å². The molecule has 0 heterocycles. The predicted octanol–water partition coefficient (Wildman–Crippen LogP) is 1.89. The Bertz CT molecular complexity index is 275. The zero-order valence-corrected chi connectivity index (χ0v) is 6.95. The van der Waals surface area contributed by atoms with E-state index in [1.165, 1.54) is 0 Å². The molecule has 0 radical (unpaired) electrons. The lowest BCUT2D eigenvalue weighted by Gasteiger charge is -2.03. The van der Waals surface area contributed by atoms with Crippen LogP contribution >= 0.6 is 15.9 Å². The molecule has 0 aliphatic carbocycles. The summed E-state index contributed by atoms with van der Waals surface area (Å²) in [5.74, 6) is -2.03. The largest absolute Gasteiger partial charge is 0.397 e. The summed E-state index contributed by atoms with van der Waals surface area (Å²) in [5, 5.41) is 0. The van der Waals surface area contributed by atoms with E-state index < -0.39 is 11.6 Å². The van der Waals surface area contributed by atoms with Gasteiger partial charge in [-0.25, -0.2) is 8.78 Å². The third-order valence-corrected chi connectivity index (χ3v) is 2.01. The molecule has 0 atom stereocenters. The molecule has 0 aliphatic rings. The Kier molecular flexibility index (Phi) is 1.99. The topological polar surface area (TPSA) is 52.0 Å². The Morgan fingerprint density at radius 2 is 1.82 bits per heavy atom. The summed E-state index contributed by atoms with van der Waals surface area (Å²) < 4.78 is 25.0. The number of hydrogen-bond acceptors (Lipinski definition) is 2. The number of rotatable bonds is 0. The molecule has 0 saturated carbocycles. The predicted molar refractivity (Wildman–Crippen MR) is 42.9 cm³/mol. The first kappa shape index (κ1) is 8.26. The minimum atomic E-state index is -1.02. The van der Waals surface area contributed by atoms with E-state index in [-0.39, 0.29) is 15.8 Å². The zero-order valence-electron chi connectivity index (χ0n) is 5.37. The molecule has 4 N–H and O–H groups in total. The lowest BCUT2D eigenvalue weighted by atomic mass is 10.2. The lowest BCUT2D eigenvalue weighted by Crippen LogP contribution is -1.99. The maximum Gasteiger partial charge on any atom is 0.175 e. The fourth-order valence-corrected chi connectivity index (χ4v) is 1.05. The standard InChI is InChI=1S/C6H5BrF2N2/c7-4-5(9)2(8)1-3(10)6(4)11/h1H,10-11H2. The highest BCUT2D eigenvalue weighted by Crippen LogP contribution is 2.29. The summed E-state index contributed by atoms with van der Waals surface area (Å²) >= 11 is 2.76. The van der Waals surface area contributed by atoms with Crippen molar-refractivity contribution in [3.63, 3.8) is 0 Å². The minimum Gasteiger partial charge on any atom is -0.397 e. The summed E-state index contributed by atoms with van der Waals surface area (Å²) in [6.45, 7) is 0. The van der Waals surface area contributed by atoms with Gasteiger partial charge >= 0.3 is 0 Å². The van der Waals surface area contributed by atoms with E-state index >= 15 is 0 Å². The first-order chi connectivity index (χ1) is 5.04. The molecule has 0 amide bonds. The smallest absolute Gasteiger partial charge is 0.175 e. The van der Waals surface area contributed by atoms with Crippen LogP contribution in [0.1, 0.15) is 0 Å². The van der Waals surface area contributed by atoms with Crippen LogP contribution in [-0.4, -0.2) is 0 Å². The highest BCUT2D eigenvalue weighted by atomic mass is 79.9. The van der Waals surface area contributed by atoms with Crippen molar-refractivity contribution in [2.75, 3.05) is 11.5 Å². The summed E-state index contributed by atoms with van der Waals surface area (Å²) in [6.07, 6.45) is 0. The quantitative estimate of drug-likeness (QED) is 0.521. The Morgan fingerprint density at radius 1 is 1.27 bits per heavy atom. The minimum absolute atomic E-state index is 0.0175. The number of nitrogen functional groups attached to an aromatic ring is 2. The van der Waals surface area contributed by atoms with Crippen molar-refractivity contribution in [3.05, 3.63) is 22.2 Å². The number of hydrogen-bond donors (Lipinski definition) is 2. The summed E-state index contributed by atoms with van der Waals surface area (Å²) in [4.78, 5) is 0. The third kappa shape index (κ3) is 1.28. The number of anilines is 2. The molecule has 0 spiro atoms. The van der Waals surface area contributed by atoms with Gasteiger partial charge in [-0.3, -0.25) is 0 Å². The van der Waals surface area contributed by atoms with Crippen molar-refractivity contribution in [1.82, 2.24) is 0 Å². The van der Waals surface area contributed by atoms with E-state index in [4.69, 9.17) is 11.5 Å². The molecule has 1 aromatic rings. The van der Waals surface area contributed by atoms with Crippen LogP contribution in [0.15, 0.2) is 10.5 Å². The van der Waals surface area contributed by atoms with Gasteiger partial charge in [0.05, 0.1) is 15.8 Å². The molecule has 0 aliphatic heterocycles. The molecule has 0 fully saturated rings. The summed E-state index contributed by atoms with van der Waals surface area (Å²) in [5.41, 5.74) is 10.5. The van der Waals surface area contributed by atoms with Crippen LogP contribution < -0.4 is 11.5 Å². The zero-order chi connectivity index (χ0) is 8.59. The van der Waals surface area contributed by atoms with Crippen LogP contribution in [0.4, 0.5) is 20.2 Å². The third-order valence-electron chi connectivity index (χ3n) is 1.23. The molecule has 0 bridgehead atoms. The first-order valence-electron chi connectivity index (χ1n) is 2.72. The van der Waals surface area contributed by atoms with Gasteiger partial charge in [-0.2, -0.15) is 0 Å². The van der Waals surface area contributed by atoms with E-state index in [1.807, 2.05) is 0 Å². The molecule has 0 saturated heterocycles. The lowest BCUT2D eigenvalue weighted by molar-refractivity contribution is 0.505. The van der Waals surface area contributed by atoms with Crippen LogP contribution in [0.5, 0.6) is 0 Å². The van der Waals surface area contributed by atoms with Gasteiger partial charge in [-0.15, -0.1) is 0 Å². The first-order valence-corrected chi connectivity index (χ1v) is 3.51. The number of benzene rings is 1. The van der Waals surface area contributed by atoms with Crippen LogP contribution in [0, 0.1) is 11.6 Å². The van der Waals surface area contributed by atoms with E-state index in [2.05, 4.69) is 15.9 Å². The van der Waals surface area contributed by atoms with E-state index in [1.54, 1.807) is 0 Å². The molecule has 1 aromatic carbocycles.